The van der Waals surface area contributed by atoms with Crippen LogP contribution in [0.4, 0.5) is 0 Å². The van der Waals surface area contributed by atoms with Crippen molar-refractivity contribution in [3.05, 3.63) is 0 Å². The van der Waals surface area contributed by atoms with Crippen LogP contribution in [0.1, 0.15) is 58.3 Å². The molecule has 1 saturated carbocycles. The van der Waals surface area contributed by atoms with Crippen molar-refractivity contribution in [1.29, 1.82) is 0 Å². The van der Waals surface area contributed by atoms with Crippen molar-refractivity contribution in [2.45, 2.75) is 58.3 Å². The highest BCUT2D eigenvalue weighted by Gasteiger charge is 2.31. The molecule has 0 aromatic heterocycles. The molecule has 1 aliphatic heterocycles. The number of likely N-dealkylation sites (tertiary alicyclic amines) is 1. The largest absolute Gasteiger partial charge is 0.316 e. The Kier molecular flexibility index (Phi) is 5.30. The van der Waals surface area contributed by atoms with Crippen LogP contribution in [-0.4, -0.2) is 37.6 Å². The summed E-state index contributed by atoms with van der Waals surface area (Å²) in [7, 11) is 0. The van der Waals surface area contributed by atoms with E-state index < -0.39 is 0 Å². The zero-order chi connectivity index (χ0) is 12.0. The lowest BCUT2D eigenvalue weighted by atomic mass is 9.83. The van der Waals surface area contributed by atoms with E-state index in [0.29, 0.717) is 5.41 Å². The first kappa shape index (κ1) is 13.4. The second-order valence-corrected chi connectivity index (χ2v) is 6.14. The molecule has 2 heteroatoms. The molecule has 0 aromatic carbocycles. The normalized spacial score (nSPS) is 24.5. The molecule has 0 atom stereocenters. The van der Waals surface area contributed by atoms with Gasteiger partial charge >= 0.3 is 0 Å². The molecule has 0 amide bonds. The van der Waals surface area contributed by atoms with Crippen LogP contribution >= 0.6 is 0 Å². The van der Waals surface area contributed by atoms with E-state index in [4.69, 9.17) is 0 Å². The molecule has 0 radical (unpaired) electrons. The van der Waals surface area contributed by atoms with Gasteiger partial charge in [0.1, 0.15) is 0 Å². The van der Waals surface area contributed by atoms with E-state index in [0.717, 1.165) is 0 Å². The van der Waals surface area contributed by atoms with Gasteiger partial charge in [0.05, 0.1) is 0 Å². The minimum atomic E-state index is 0.660. The summed E-state index contributed by atoms with van der Waals surface area (Å²) in [4.78, 5) is 2.62. The van der Waals surface area contributed by atoms with E-state index in [1.165, 1.54) is 84.1 Å². The molecule has 17 heavy (non-hydrogen) atoms. The minimum Gasteiger partial charge on any atom is -0.316 e. The molecule has 2 nitrogen and oxygen atoms in total. The Morgan fingerprint density at radius 2 is 1.76 bits per heavy atom. The standard InChI is InChI=1S/C15H30N2/c1-2-15(8-3-4-9-15)14-16-10-7-13-17-11-5-6-12-17/h16H,2-14H2,1H3. The fourth-order valence-electron chi connectivity index (χ4n) is 3.57. The Bertz CT molecular complexity index is 203. The smallest absolute Gasteiger partial charge is 0.000771 e. The summed E-state index contributed by atoms with van der Waals surface area (Å²) in [6.07, 6.45) is 11.4. The van der Waals surface area contributed by atoms with Crippen LogP contribution in [0.25, 0.3) is 0 Å². The summed E-state index contributed by atoms with van der Waals surface area (Å²) in [5.41, 5.74) is 0.660. The predicted molar refractivity (Wildman–Crippen MR) is 74.4 cm³/mol. The first-order valence-corrected chi connectivity index (χ1v) is 7.78. The second-order valence-electron chi connectivity index (χ2n) is 6.14. The van der Waals surface area contributed by atoms with Gasteiger partial charge in [0, 0.05) is 6.54 Å². The average Bonchev–Trinajstić information content (AvgIpc) is 3.00. The predicted octanol–water partition coefficient (Wildman–Crippen LogP) is 3.03. The Balaban J connectivity index is 1.53. The van der Waals surface area contributed by atoms with Crippen molar-refractivity contribution in [2.75, 3.05) is 32.7 Å². The van der Waals surface area contributed by atoms with Gasteiger partial charge in [-0.25, -0.2) is 0 Å². The Hall–Kier alpha value is -0.0800. The van der Waals surface area contributed by atoms with Crippen molar-refractivity contribution < 1.29 is 0 Å². The maximum atomic E-state index is 3.72. The van der Waals surface area contributed by atoms with Crippen molar-refractivity contribution >= 4 is 0 Å². The zero-order valence-corrected chi connectivity index (χ0v) is 11.6. The van der Waals surface area contributed by atoms with E-state index >= 15 is 0 Å². The minimum absolute atomic E-state index is 0.660. The van der Waals surface area contributed by atoms with E-state index in [2.05, 4.69) is 17.1 Å². The lowest BCUT2D eigenvalue weighted by Gasteiger charge is -2.28. The van der Waals surface area contributed by atoms with Crippen molar-refractivity contribution in [1.82, 2.24) is 10.2 Å². The molecule has 1 aliphatic carbocycles. The van der Waals surface area contributed by atoms with Crippen LogP contribution in [0.15, 0.2) is 0 Å². The number of hydrogen-bond donors (Lipinski definition) is 1. The topological polar surface area (TPSA) is 15.3 Å². The lowest BCUT2D eigenvalue weighted by Crippen LogP contribution is -2.33. The zero-order valence-electron chi connectivity index (χ0n) is 11.6. The summed E-state index contributed by atoms with van der Waals surface area (Å²) >= 11 is 0. The van der Waals surface area contributed by atoms with E-state index in [1.807, 2.05) is 0 Å². The van der Waals surface area contributed by atoms with E-state index in [-0.39, 0.29) is 0 Å². The number of rotatable bonds is 7. The van der Waals surface area contributed by atoms with Gasteiger partial charge < -0.3 is 10.2 Å². The Morgan fingerprint density at radius 3 is 2.41 bits per heavy atom. The Labute approximate surface area is 107 Å². The summed E-state index contributed by atoms with van der Waals surface area (Å²) in [5, 5.41) is 3.72. The van der Waals surface area contributed by atoms with Gasteiger partial charge in [-0.05, 0) is 70.1 Å². The molecule has 0 unspecified atom stereocenters. The van der Waals surface area contributed by atoms with Gasteiger partial charge in [0.25, 0.3) is 0 Å². The molecule has 0 spiro atoms. The third-order valence-corrected chi connectivity index (χ3v) is 4.94. The first-order chi connectivity index (χ1) is 8.35. The molecule has 0 bridgehead atoms. The van der Waals surface area contributed by atoms with Gasteiger partial charge in [0.15, 0.2) is 0 Å². The molecule has 2 aliphatic rings. The summed E-state index contributed by atoms with van der Waals surface area (Å²) in [6.45, 7) is 8.86. The third-order valence-electron chi connectivity index (χ3n) is 4.94. The highest BCUT2D eigenvalue weighted by molar-refractivity contribution is 4.85. The van der Waals surface area contributed by atoms with Crippen LogP contribution in [0.5, 0.6) is 0 Å². The summed E-state index contributed by atoms with van der Waals surface area (Å²) in [6, 6.07) is 0. The summed E-state index contributed by atoms with van der Waals surface area (Å²) < 4.78 is 0. The fourth-order valence-corrected chi connectivity index (χ4v) is 3.57. The van der Waals surface area contributed by atoms with Crippen LogP contribution in [0.2, 0.25) is 0 Å². The molecule has 2 fully saturated rings. The molecule has 1 saturated heterocycles. The number of nitrogens with one attached hydrogen (secondary N) is 1. The van der Waals surface area contributed by atoms with E-state index in [1.54, 1.807) is 0 Å². The van der Waals surface area contributed by atoms with Gasteiger partial charge in [-0.15, -0.1) is 0 Å². The monoisotopic (exact) mass is 238 g/mol. The van der Waals surface area contributed by atoms with Crippen LogP contribution in [0, 0.1) is 5.41 Å². The number of nitrogens with zero attached hydrogens (tertiary/aromatic N) is 1. The fraction of sp³-hybridized carbons (Fsp3) is 1.00. The molecular weight excluding hydrogens is 208 g/mol. The van der Waals surface area contributed by atoms with Gasteiger partial charge in [-0.3, -0.25) is 0 Å². The maximum absolute atomic E-state index is 3.72. The van der Waals surface area contributed by atoms with Crippen molar-refractivity contribution in [2.24, 2.45) is 5.41 Å². The molecule has 100 valence electrons. The maximum Gasteiger partial charge on any atom is 0.000771 e. The molecule has 2 rings (SSSR count). The number of hydrogen-bond acceptors (Lipinski definition) is 2. The highest BCUT2D eigenvalue weighted by Crippen LogP contribution is 2.40. The summed E-state index contributed by atoms with van der Waals surface area (Å²) in [5.74, 6) is 0. The molecule has 1 heterocycles. The first-order valence-electron chi connectivity index (χ1n) is 7.78. The molecular formula is C15H30N2. The second kappa shape index (κ2) is 6.75. The van der Waals surface area contributed by atoms with Crippen molar-refractivity contribution in [3.8, 4) is 0 Å². The van der Waals surface area contributed by atoms with Gasteiger partial charge in [-0.2, -0.15) is 0 Å². The Morgan fingerprint density at radius 1 is 1.06 bits per heavy atom. The van der Waals surface area contributed by atoms with Gasteiger partial charge in [0.2, 0.25) is 0 Å². The van der Waals surface area contributed by atoms with Crippen LogP contribution in [0.3, 0.4) is 0 Å². The van der Waals surface area contributed by atoms with Crippen molar-refractivity contribution in [3.63, 3.8) is 0 Å². The average molecular weight is 238 g/mol. The molecule has 0 aromatic rings. The van der Waals surface area contributed by atoms with E-state index in [9.17, 15) is 0 Å². The third kappa shape index (κ3) is 3.96. The van der Waals surface area contributed by atoms with Crippen LogP contribution in [-0.2, 0) is 0 Å². The SMILES string of the molecule is CCC1(CNCCCN2CCCC2)CCCC1. The molecule has 1 N–H and O–H groups in total. The van der Waals surface area contributed by atoms with Crippen LogP contribution < -0.4 is 5.32 Å². The lowest BCUT2D eigenvalue weighted by molar-refractivity contribution is 0.263. The quantitative estimate of drug-likeness (QED) is 0.686. The highest BCUT2D eigenvalue weighted by atomic mass is 15.1. The van der Waals surface area contributed by atoms with Gasteiger partial charge in [-0.1, -0.05) is 19.8 Å².